The second-order valence-corrected chi connectivity index (χ2v) is 6.79. The van der Waals surface area contributed by atoms with Gasteiger partial charge >= 0.3 is 0 Å². The van der Waals surface area contributed by atoms with E-state index in [2.05, 4.69) is 36.1 Å². The zero-order valence-electron chi connectivity index (χ0n) is 19.0. The largest absolute Gasteiger partial charge is 0.248 e. The first kappa shape index (κ1) is 14.5. The number of nitrogens with zero attached hydrogens (tertiary/aromatic N) is 2. The van der Waals surface area contributed by atoms with Crippen molar-refractivity contribution >= 4 is 0 Å². The van der Waals surface area contributed by atoms with Crippen LogP contribution in [0, 0.1) is 18.7 Å². The van der Waals surface area contributed by atoms with Gasteiger partial charge in [-0.05, 0) is 71.9 Å². The van der Waals surface area contributed by atoms with E-state index in [0.29, 0.717) is 5.56 Å². The fourth-order valence-electron chi connectivity index (χ4n) is 3.33. The molecule has 0 saturated carbocycles. The van der Waals surface area contributed by atoms with Gasteiger partial charge in [0.2, 0.25) is 6.33 Å². The molecule has 136 valence electrons. The van der Waals surface area contributed by atoms with Crippen LogP contribution in [-0.4, -0.2) is 4.57 Å². The molecule has 0 unspecified atom stereocenters. The van der Waals surface area contributed by atoms with Gasteiger partial charge in [-0.3, -0.25) is 0 Å². The van der Waals surface area contributed by atoms with Crippen molar-refractivity contribution in [1.29, 1.82) is 0 Å². The van der Waals surface area contributed by atoms with E-state index in [1.54, 1.807) is 12.1 Å². The van der Waals surface area contributed by atoms with Crippen LogP contribution >= 0.6 is 0 Å². The molecule has 2 nitrogen and oxygen atoms in total. The number of imidazole rings is 1. The Hall–Kier alpha value is -3.57. The van der Waals surface area contributed by atoms with Crippen LogP contribution in [0.5, 0.6) is 0 Å². The van der Waals surface area contributed by atoms with Crippen LogP contribution in [0.3, 0.4) is 0 Å². The molecule has 28 heavy (non-hydrogen) atoms. The van der Waals surface area contributed by atoms with E-state index in [9.17, 15) is 0 Å². The molecule has 2 heteroatoms. The first-order chi connectivity index (χ1) is 14.8. The zero-order valence-corrected chi connectivity index (χ0v) is 16.0. The quantitative estimate of drug-likeness (QED) is 0.343. The molecule has 3 aromatic carbocycles. The van der Waals surface area contributed by atoms with Crippen LogP contribution in [0.4, 0.5) is 0 Å². The van der Waals surface area contributed by atoms with Crippen LogP contribution in [0.15, 0.2) is 85.5 Å². The third-order valence-corrected chi connectivity index (χ3v) is 4.65. The molecule has 1 heterocycles. The van der Waals surface area contributed by atoms with Gasteiger partial charge in [0.05, 0.1) is 7.05 Å². The molecule has 0 spiro atoms. The summed E-state index contributed by atoms with van der Waals surface area (Å²) in [7, 11) is 1.94. The Morgan fingerprint density at radius 2 is 1.64 bits per heavy atom. The molecule has 0 N–H and O–H groups in total. The summed E-state index contributed by atoms with van der Waals surface area (Å²) in [6.45, 7) is -0.363. The molecule has 0 bridgehead atoms. The summed E-state index contributed by atoms with van der Waals surface area (Å²) in [6, 6.07) is 21.8. The molecule has 1 aromatic heterocycles. The average molecular weight is 367 g/mol. The van der Waals surface area contributed by atoms with Crippen LogP contribution < -0.4 is 4.57 Å². The highest BCUT2D eigenvalue weighted by molar-refractivity contribution is 5.75. The summed E-state index contributed by atoms with van der Waals surface area (Å²) in [5.41, 5.74) is 6.08. The van der Waals surface area contributed by atoms with E-state index in [1.165, 1.54) is 0 Å². The van der Waals surface area contributed by atoms with Crippen molar-refractivity contribution in [2.75, 3.05) is 0 Å². The van der Waals surface area contributed by atoms with Gasteiger partial charge < -0.3 is 0 Å². The van der Waals surface area contributed by atoms with Gasteiger partial charge in [-0.15, -0.1) is 5.92 Å². The maximum absolute atomic E-state index is 7.94. The molecule has 0 fully saturated rings. The minimum atomic E-state index is -2.19. The highest BCUT2D eigenvalue weighted by atomic mass is 15.1. The predicted octanol–water partition coefficient (Wildman–Crippen LogP) is 5.32. The second kappa shape index (κ2) is 7.58. The van der Waals surface area contributed by atoms with Gasteiger partial charge in [0, 0.05) is 9.68 Å². The number of hydrogen-bond acceptors (Lipinski definition) is 0. The Kier molecular flexibility index (Phi) is 3.92. The van der Waals surface area contributed by atoms with Gasteiger partial charge in [0.25, 0.3) is 0 Å². The minimum absolute atomic E-state index is 0.321. The van der Waals surface area contributed by atoms with Gasteiger partial charge in [0.1, 0.15) is 18.1 Å². The summed E-state index contributed by atoms with van der Waals surface area (Å²) in [5.74, 6) is 6.03. The molecule has 0 aliphatic heterocycles. The molecule has 4 aromatic rings. The van der Waals surface area contributed by atoms with E-state index in [-0.39, 0.29) is 0 Å². The monoisotopic (exact) mass is 366 g/mol. The molecule has 0 amide bonds. The molecular formula is C26H23N2+. The summed E-state index contributed by atoms with van der Waals surface area (Å²) >= 11 is 0. The summed E-state index contributed by atoms with van der Waals surface area (Å²) in [5, 5.41) is 0. The van der Waals surface area contributed by atoms with Crippen molar-refractivity contribution in [3.05, 3.63) is 96.6 Å². The molecular weight excluding hydrogens is 340 g/mol. The summed E-state index contributed by atoms with van der Waals surface area (Å²) in [4.78, 5) is 0. The third-order valence-electron chi connectivity index (χ3n) is 4.65. The van der Waals surface area contributed by atoms with E-state index in [0.717, 1.165) is 33.5 Å². The van der Waals surface area contributed by atoms with Crippen molar-refractivity contribution < 1.29 is 8.68 Å². The minimum Gasteiger partial charge on any atom is -0.239 e. The Labute approximate surface area is 170 Å². The lowest BCUT2D eigenvalue weighted by atomic mass is 9.97. The van der Waals surface area contributed by atoms with Gasteiger partial charge in [-0.2, -0.15) is 0 Å². The molecule has 0 radical (unpaired) electrons. The fraction of sp³-hybridized carbons (Fsp3) is 0.115. The Morgan fingerprint density at radius 1 is 0.893 bits per heavy atom. The zero-order chi connectivity index (χ0) is 22.0. The highest BCUT2D eigenvalue weighted by Crippen LogP contribution is 2.29. The number of benzene rings is 3. The lowest BCUT2D eigenvalue weighted by molar-refractivity contribution is -0.670. The van der Waals surface area contributed by atoms with E-state index in [1.807, 2.05) is 72.2 Å². The van der Waals surface area contributed by atoms with E-state index in [4.69, 9.17) is 4.11 Å². The molecule has 4 rings (SSSR count). The number of rotatable bonds is 3. The van der Waals surface area contributed by atoms with Crippen LogP contribution in [-0.2, 0) is 7.05 Å². The fourth-order valence-corrected chi connectivity index (χ4v) is 3.33. The third kappa shape index (κ3) is 3.75. The smallest absolute Gasteiger partial charge is 0.239 e. The SMILES string of the molecule is [2H]C([2H])([2H])c1cc(-c2cccc(-c3cccc(C#CC)c3)c2)cc(-n2cc[n+](C)c2)c1. The van der Waals surface area contributed by atoms with Crippen molar-refractivity contribution in [3.8, 4) is 39.8 Å². The standard InChI is InChI=1S/C26H23N2/c1-4-7-21-8-5-9-22(16-21)23-10-6-11-24(17-23)25-14-20(2)15-26(18-25)28-13-12-27(3)19-28/h5-6,8-19H,1-3H3/q+1/i2D3. The van der Waals surface area contributed by atoms with Crippen molar-refractivity contribution in [3.63, 3.8) is 0 Å². The van der Waals surface area contributed by atoms with Gasteiger partial charge in [-0.25, -0.2) is 9.13 Å². The van der Waals surface area contributed by atoms with Crippen molar-refractivity contribution in [1.82, 2.24) is 4.57 Å². The van der Waals surface area contributed by atoms with Crippen molar-refractivity contribution in [2.24, 2.45) is 7.05 Å². The Balaban J connectivity index is 1.83. The van der Waals surface area contributed by atoms with Crippen LogP contribution in [0.2, 0.25) is 0 Å². The summed E-state index contributed by atoms with van der Waals surface area (Å²) < 4.78 is 27.7. The molecule has 0 aliphatic carbocycles. The topological polar surface area (TPSA) is 8.81 Å². The van der Waals surface area contributed by atoms with Crippen LogP contribution in [0.25, 0.3) is 27.9 Å². The lowest BCUT2D eigenvalue weighted by Gasteiger charge is -2.09. The molecule has 0 atom stereocenters. The predicted molar refractivity (Wildman–Crippen MR) is 115 cm³/mol. The first-order valence-corrected chi connectivity index (χ1v) is 9.16. The second-order valence-electron chi connectivity index (χ2n) is 6.79. The number of hydrogen-bond donors (Lipinski definition) is 0. The first-order valence-electron chi connectivity index (χ1n) is 10.7. The Morgan fingerprint density at radius 3 is 2.36 bits per heavy atom. The lowest BCUT2D eigenvalue weighted by Crippen LogP contribution is -2.23. The average Bonchev–Trinajstić information content (AvgIpc) is 3.20. The molecule has 0 saturated heterocycles. The normalized spacial score (nSPS) is 12.4. The molecule has 0 aliphatic rings. The summed E-state index contributed by atoms with van der Waals surface area (Å²) in [6.07, 6.45) is 5.76. The van der Waals surface area contributed by atoms with Gasteiger partial charge in [0.15, 0.2) is 0 Å². The Bertz CT molecular complexity index is 1300. The number of aromatic nitrogens is 2. The van der Waals surface area contributed by atoms with Gasteiger partial charge in [-0.1, -0.05) is 42.3 Å². The van der Waals surface area contributed by atoms with E-state index >= 15 is 0 Å². The van der Waals surface area contributed by atoms with Crippen LogP contribution in [0.1, 0.15) is 22.2 Å². The van der Waals surface area contributed by atoms with Crippen molar-refractivity contribution in [2.45, 2.75) is 13.8 Å². The highest BCUT2D eigenvalue weighted by Gasteiger charge is 2.09. The maximum atomic E-state index is 7.94. The number of aryl methyl sites for hydroxylation is 2. The van der Waals surface area contributed by atoms with E-state index < -0.39 is 6.85 Å². The maximum Gasteiger partial charge on any atom is 0.248 e.